The van der Waals surface area contributed by atoms with Gasteiger partial charge in [0.15, 0.2) is 5.16 Å². The number of hydrogen-bond acceptors (Lipinski definition) is 4. The number of para-hydroxylation sites is 1. The first-order valence-electron chi connectivity index (χ1n) is 4.92. The summed E-state index contributed by atoms with van der Waals surface area (Å²) in [5.41, 5.74) is 1.27. The molecule has 2 rings (SSSR count). The molecular formula is C11H10N2O3S. The number of benzene rings is 1. The maximum Gasteiger partial charge on any atom is 0.313 e. The third-order valence-corrected chi connectivity index (χ3v) is 3.11. The molecule has 0 aliphatic carbocycles. The van der Waals surface area contributed by atoms with Crippen LogP contribution in [0.25, 0.3) is 10.9 Å². The number of aliphatic carboxylic acids is 1. The molecule has 0 amide bonds. The second kappa shape index (κ2) is 4.58. The number of aryl methyl sites for hydroxylation is 1. The van der Waals surface area contributed by atoms with E-state index in [1.165, 1.54) is 0 Å². The summed E-state index contributed by atoms with van der Waals surface area (Å²) in [5.74, 6) is -1.07. The summed E-state index contributed by atoms with van der Waals surface area (Å²) in [6, 6.07) is 5.35. The molecular weight excluding hydrogens is 240 g/mol. The molecule has 0 aliphatic rings. The van der Waals surface area contributed by atoms with Crippen LogP contribution in [0.2, 0.25) is 0 Å². The molecule has 0 unspecified atom stereocenters. The highest BCUT2D eigenvalue weighted by molar-refractivity contribution is 7.99. The Morgan fingerprint density at radius 3 is 3.00 bits per heavy atom. The molecule has 0 bridgehead atoms. The highest BCUT2D eigenvalue weighted by atomic mass is 32.2. The second-order valence-electron chi connectivity index (χ2n) is 3.52. The van der Waals surface area contributed by atoms with Crippen LogP contribution >= 0.6 is 11.8 Å². The van der Waals surface area contributed by atoms with Crippen LogP contribution in [0.1, 0.15) is 5.56 Å². The zero-order valence-electron chi connectivity index (χ0n) is 9.06. The van der Waals surface area contributed by atoms with Crippen LogP contribution in [0.5, 0.6) is 0 Å². The van der Waals surface area contributed by atoms with Gasteiger partial charge in [-0.15, -0.1) is 0 Å². The van der Waals surface area contributed by atoms with E-state index in [1.807, 2.05) is 13.0 Å². The molecule has 0 fully saturated rings. The lowest BCUT2D eigenvalue weighted by atomic mass is 10.1. The Morgan fingerprint density at radius 1 is 1.53 bits per heavy atom. The normalized spacial score (nSPS) is 10.6. The van der Waals surface area contributed by atoms with Crippen molar-refractivity contribution in [2.75, 3.05) is 5.75 Å². The summed E-state index contributed by atoms with van der Waals surface area (Å²) in [4.78, 5) is 29.0. The van der Waals surface area contributed by atoms with Gasteiger partial charge < -0.3 is 10.1 Å². The number of carboxylic acids is 1. The number of nitrogens with one attached hydrogen (secondary N) is 1. The molecule has 1 heterocycles. The molecule has 6 heteroatoms. The van der Waals surface area contributed by atoms with E-state index in [4.69, 9.17) is 5.11 Å². The van der Waals surface area contributed by atoms with Crippen LogP contribution in [0.15, 0.2) is 28.2 Å². The fraction of sp³-hybridized carbons (Fsp3) is 0.182. The molecule has 5 nitrogen and oxygen atoms in total. The number of aromatic amines is 1. The standard InChI is InChI=1S/C11H10N2O3S/c1-6-3-2-4-7-9(6)12-11(13-10(7)16)17-5-8(14)15/h2-4H,5H2,1H3,(H,14,15)(H,12,13,16). The van der Waals surface area contributed by atoms with Crippen molar-refractivity contribution in [3.63, 3.8) is 0 Å². The molecule has 0 saturated carbocycles. The average Bonchev–Trinajstić information content (AvgIpc) is 2.28. The first kappa shape index (κ1) is 11.7. The monoisotopic (exact) mass is 250 g/mol. The highest BCUT2D eigenvalue weighted by Crippen LogP contribution is 2.16. The van der Waals surface area contributed by atoms with E-state index >= 15 is 0 Å². The van der Waals surface area contributed by atoms with E-state index in [-0.39, 0.29) is 11.3 Å². The molecule has 1 aromatic heterocycles. The Morgan fingerprint density at radius 2 is 2.29 bits per heavy atom. The topological polar surface area (TPSA) is 83.0 Å². The molecule has 0 saturated heterocycles. The number of nitrogens with zero attached hydrogens (tertiary/aromatic N) is 1. The van der Waals surface area contributed by atoms with Crippen molar-refractivity contribution >= 4 is 28.6 Å². The molecule has 17 heavy (non-hydrogen) atoms. The van der Waals surface area contributed by atoms with Gasteiger partial charge in [0, 0.05) is 0 Å². The van der Waals surface area contributed by atoms with E-state index < -0.39 is 5.97 Å². The van der Waals surface area contributed by atoms with E-state index in [2.05, 4.69) is 9.97 Å². The van der Waals surface area contributed by atoms with E-state index in [9.17, 15) is 9.59 Å². The van der Waals surface area contributed by atoms with E-state index in [1.54, 1.807) is 12.1 Å². The lowest BCUT2D eigenvalue weighted by molar-refractivity contribution is -0.133. The van der Waals surface area contributed by atoms with Crippen molar-refractivity contribution in [3.8, 4) is 0 Å². The zero-order chi connectivity index (χ0) is 12.4. The minimum atomic E-state index is -0.942. The van der Waals surface area contributed by atoms with E-state index in [0.717, 1.165) is 17.3 Å². The molecule has 0 spiro atoms. The van der Waals surface area contributed by atoms with Gasteiger partial charge in [0.05, 0.1) is 16.7 Å². The Hall–Kier alpha value is -1.82. The number of fused-ring (bicyclic) bond motifs is 1. The van der Waals surface area contributed by atoms with Crippen LogP contribution in [0.3, 0.4) is 0 Å². The lowest BCUT2D eigenvalue weighted by Gasteiger charge is -2.03. The maximum atomic E-state index is 11.7. The van der Waals surface area contributed by atoms with Crippen molar-refractivity contribution in [1.29, 1.82) is 0 Å². The van der Waals surface area contributed by atoms with E-state index in [0.29, 0.717) is 16.1 Å². The van der Waals surface area contributed by atoms with Gasteiger partial charge in [-0.05, 0) is 18.6 Å². The number of carbonyl (C=O) groups is 1. The van der Waals surface area contributed by atoms with Gasteiger partial charge in [-0.25, -0.2) is 4.98 Å². The van der Waals surface area contributed by atoms with Gasteiger partial charge in [-0.1, -0.05) is 23.9 Å². The smallest absolute Gasteiger partial charge is 0.313 e. The Balaban J connectivity index is 2.50. The first-order chi connectivity index (χ1) is 8.08. The van der Waals surface area contributed by atoms with Gasteiger partial charge in [0.2, 0.25) is 0 Å². The summed E-state index contributed by atoms with van der Waals surface area (Å²) in [6.07, 6.45) is 0. The number of carboxylic acid groups (broad SMARTS) is 1. The molecule has 1 aromatic carbocycles. The van der Waals surface area contributed by atoms with Crippen LogP contribution < -0.4 is 5.56 Å². The van der Waals surface area contributed by atoms with Gasteiger partial charge in [0.1, 0.15) is 0 Å². The van der Waals surface area contributed by atoms with Crippen molar-refractivity contribution < 1.29 is 9.90 Å². The van der Waals surface area contributed by atoms with Gasteiger partial charge in [-0.3, -0.25) is 9.59 Å². The average molecular weight is 250 g/mol. The minimum Gasteiger partial charge on any atom is -0.481 e. The number of hydrogen-bond donors (Lipinski definition) is 2. The number of thioether (sulfide) groups is 1. The predicted octanol–water partition coefficient (Wildman–Crippen LogP) is 1.41. The molecule has 2 aromatic rings. The molecule has 0 aliphatic heterocycles. The highest BCUT2D eigenvalue weighted by Gasteiger charge is 2.07. The van der Waals surface area contributed by atoms with Crippen molar-refractivity contribution in [1.82, 2.24) is 9.97 Å². The SMILES string of the molecule is Cc1cccc2c(=O)[nH]c(SCC(=O)O)nc12. The predicted molar refractivity (Wildman–Crippen MR) is 65.5 cm³/mol. The Kier molecular flexibility index (Phi) is 3.14. The fourth-order valence-corrected chi connectivity index (χ4v) is 2.06. The van der Waals surface area contributed by atoms with Crippen molar-refractivity contribution in [3.05, 3.63) is 34.1 Å². The number of aromatic nitrogens is 2. The van der Waals surface area contributed by atoms with Gasteiger partial charge in [-0.2, -0.15) is 0 Å². The third kappa shape index (κ3) is 2.47. The van der Waals surface area contributed by atoms with Crippen molar-refractivity contribution in [2.24, 2.45) is 0 Å². The summed E-state index contributed by atoms with van der Waals surface area (Å²) in [6.45, 7) is 1.86. The Labute approximate surface area is 101 Å². The molecule has 0 radical (unpaired) electrons. The van der Waals surface area contributed by atoms with Crippen LogP contribution in [0.4, 0.5) is 0 Å². The van der Waals surface area contributed by atoms with Gasteiger partial charge >= 0.3 is 5.97 Å². The van der Waals surface area contributed by atoms with Crippen LogP contribution in [-0.4, -0.2) is 26.8 Å². The van der Waals surface area contributed by atoms with Crippen molar-refractivity contribution in [2.45, 2.75) is 12.1 Å². The lowest BCUT2D eigenvalue weighted by Crippen LogP contribution is -2.10. The largest absolute Gasteiger partial charge is 0.481 e. The number of rotatable bonds is 3. The minimum absolute atomic E-state index is 0.125. The summed E-state index contributed by atoms with van der Waals surface area (Å²) in [7, 11) is 0. The Bertz CT molecular complexity index is 636. The quantitative estimate of drug-likeness (QED) is 0.635. The fourth-order valence-electron chi connectivity index (χ4n) is 1.48. The maximum absolute atomic E-state index is 11.7. The third-order valence-electron chi connectivity index (χ3n) is 2.25. The summed E-state index contributed by atoms with van der Waals surface area (Å²) >= 11 is 1.00. The zero-order valence-corrected chi connectivity index (χ0v) is 9.87. The number of H-pyrrole nitrogens is 1. The summed E-state index contributed by atoms with van der Waals surface area (Å²) < 4.78 is 0. The van der Waals surface area contributed by atoms with Crippen LogP contribution in [-0.2, 0) is 4.79 Å². The molecule has 0 atom stereocenters. The van der Waals surface area contributed by atoms with Gasteiger partial charge in [0.25, 0.3) is 5.56 Å². The van der Waals surface area contributed by atoms with Crippen LogP contribution in [0, 0.1) is 6.92 Å². The summed E-state index contributed by atoms with van der Waals surface area (Å²) in [5, 5.41) is 9.42. The first-order valence-corrected chi connectivity index (χ1v) is 5.91. The molecule has 2 N–H and O–H groups in total. The second-order valence-corrected chi connectivity index (χ2v) is 4.49. The molecule has 88 valence electrons.